The largest absolute Gasteiger partial charge is 0.395 e. The van der Waals surface area contributed by atoms with Crippen LogP contribution in [0.5, 0.6) is 0 Å². The second kappa shape index (κ2) is 3.90. The van der Waals surface area contributed by atoms with Crippen LogP contribution in [-0.4, -0.2) is 30.7 Å². The second-order valence-electron chi connectivity index (χ2n) is 2.65. The van der Waals surface area contributed by atoms with E-state index < -0.39 is 5.41 Å². The fraction of sp³-hybridized carbons (Fsp3) is 0.833. The molecule has 0 radical (unpaired) electrons. The molecule has 0 aromatic carbocycles. The first-order valence-electron chi connectivity index (χ1n) is 3.34. The highest BCUT2D eigenvalue weighted by Crippen LogP contribution is 2.23. The zero-order valence-corrected chi connectivity index (χ0v) is 6.99. The first-order valence-corrected chi connectivity index (χ1v) is 3.34. The van der Waals surface area contributed by atoms with Crippen LogP contribution in [0.4, 0.5) is 0 Å². The van der Waals surface area contributed by atoms with Gasteiger partial charge in [-0.1, -0.05) is 0 Å². The molecular formula is C6H13ClN2O2. The monoisotopic (exact) mass is 180 g/mol. The molecule has 1 amide bonds. The number of amides is 1. The summed E-state index contributed by atoms with van der Waals surface area (Å²) in [7, 11) is 0. The Balaban J connectivity index is 0.000001000. The SMILES string of the molecule is Cl.NCC1(CO)CCNC1=O. The third kappa shape index (κ3) is 1.64. The van der Waals surface area contributed by atoms with Crippen molar-refractivity contribution in [3.63, 3.8) is 0 Å². The summed E-state index contributed by atoms with van der Waals surface area (Å²) in [4.78, 5) is 11.0. The maximum Gasteiger partial charge on any atom is 0.229 e. The van der Waals surface area contributed by atoms with Crippen molar-refractivity contribution in [1.82, 2.24) is 5.32 Å². The summed E-state index contributed by atoms with van der Waals surface area (Å²) in [5, 5.41) is 11.5. The van der Waals surface area contributed by atoms with Crippen LogP contribution >= 0.6 is 12.4 Å². The maximum atomic E-state index is 11.0. The van der Waals surface area contributed by atoms with Crippen molar-refractivity contribution in [3.05, 3.63) is 0 Å². The standard InChI is InChI=1S/C6H12N2O2.ClH/c7-3-6(4-9)1-2-8-5(6)10;/h9H,1-4,7H2,(H,8,10);1H. The van der Waals surface area contributed by atoms with E-state index in [0.29, 0.717) is 13.0 Å². The van der Waals surface area contributed by atoms with E-state index in [1.165, 1.54) is 0 Å². The molecule has 4 nitrogen and oxygen atoms in total. The number of halogens is 1. The van der Waals surface area contributed by atoms with Gasteiger partial charge in [0.25, 0.3) is 0 Å². The van der Waals surface area contributed by atoms with E-state index in [4.69, 9.17) is 10.8 Å². The number of carbonyl (C=O) groups excluding carboxylic acids is 1. The summed E-state index contributed by atoms with van der Waals surface area (Å²) in [6.45, 7) is 0.723. The predicted octanol–water partition coefficient (Wildman–Crippen LogP) is -1.13. The number of hydrogen-bond donors (Lipinski definition) is 3. The number of carbonyl (C=O) groups is 1. The molecule has 66 valence electrons. The first-order chi connectivity index (χ1) is 4.75. The van der Waals surface area contributed by atoms with Crippen LogP contribution in [0, 0.1) is 5.41 Å². The van der Waals surface area contributed by atoms with Crippen molar-refractivity contribution in [2.45, 2.75) is 6.42 Å². The van der Waals surface area contributed by atoms with Gasteiger partial charge >= 0.3 is 0 Å². The van der Waals surface area contributed by atoms with Gasteiger partial charge in [-0.2, -0.15) is 0 Å². The molecule has 11 heavy (non-hydrogen) atoms. The van der Waals surface area contributed by atoms with Crippen LogP contribution < -0.4 is 11.1 Å². The van der Waals surface area contributed by atoms with Crippen molar-refractivity contribution >= 4 is 18.3 Å². The highest BCUT2D eigenvalue weighted by molar-refractivity contribution is 5.85. The number of aliphatic hydroxyl groups excluding tert-OH is 1. The number of rotatable bonds is 2. The molecule has 0 aromatic rings. The number of nitrogens with two attached hydrogens (primary N) is 1. The molecule has 5 heteroatoms. The maximum absolute atomic E-state index is 11.0. The van der Waals surface area contributed by atoms with Crippen LogP contribution in [0.3, 0.4) is 0 Å². The molecule has 1 atom stereocenters. The molecular weight excluding hydrogens is 168 g/mol. The zero-order valence-electron chi connectivity index (χ0n) is 6.17. The summed E-state index contributed by atoms with van der Waals surface area (Å²) in [5.74, 6) is -0.113. The van der Waals surface area contributed by atoms with E-state index in [0.717, 1.165) is 0 Å². The Hall–Kier alpha value is -0.320. The van der Waals surface area contributed by atoms with Gasteiger partial charge in [0.1, 0.15) is 0 Å². The topological polar surface area (TPSA) is 75.3 Å². The van der Waals surface area contributed by atoms with Gasteiger partial charge in [0.15, 0.2) is 0 Å². The molecule has 1 fully saturated rings. The fourth-order valence-electron chi connectivity index (χ4n) is 1.13. The quantitative estimate of drug-likeness (QED) is 0.503. The van der Waals surface area contributed by atoms with Crippen molar-refractivity contribution in [3.8, 4) is 0 Å². The molecule has 0 aliphatic carbocycles. The fourth-order valence-corrected chi connectivity index (χ4v) is 1.13. The van der Waals surface area contributed by atoms with Gasteiger partial charge in [-0.25, -0.2) is 0 Å². The minimum atomic E-state index is -0.681. The molecule has 1 rings (SSSR count). The Morgan fingerprint density at radius 2 is 2.36 bits per heavy atom. The summed E-state index contributed by atoms with van der Waals surface area (Å²) >= 11 is 0. The van der Waals surface area contributed by atoms with Crippen LogP contribution in [0.15, 0.2) is 0 Å². The molecule has 1 aliphatic rings. The van der Waals surface area contributed by atoms with Crippen LogP contribution in [-0.2, 0) is 4.79 Å². The highest BCUT2D eigenvalue weighted by Gasteiger charge is 2.40. The average molecular weight is 181 g/mol. The van der Waals surface area contributed by atoms with Crippen molar-refractivity contribution in [2.24, 2.45) is 11.1 Å². The third-order valence-electron chi connectivity index (χ3n) is 2.06. The van der Waals surface area contributed by atoms with Crippen molar-refractivity contribution in [2.75, 3.05) is 19.7 Å². The number of hydrogen-bond acceptors (Lipinski definition) is 3. The van der Waals surface area contributed by atoms with Crippen molar-refractivity contribution < 1.29 is 9.90 Å². The summed E-state index contributed by atoms with van der Waals surface area (Å²) in [6.07, 6.45) is 0.652. The van der Waals surface area contributed by atoms with Gasteiger partial charge < -0.3 is 16.2 Å². The smallest absolute Gasteiger partial charge is 0.229 e. The Morgan fingerprint density at radius 1 is 1.73 bits per heavy atom. The minimum Gasteiger partial charge on any atom is -0.395 e. The Morgan fingerprint density at radius 3 is 2.55 bits per heavy atom. The summed E-state index contributed by atoms with van der Waals surface area (Å²) in [6, 6.07) is 0. The molecule has 1 heterocycles. The van der Waals surface area contributed by atoms with Gasteiger partial charge in [0.05, 0.1) is 12.0 Å². The Labute approximate surface area is 71.6 Å². The average Bonchev–Trinajstić information content (AvgIpc) is 2.32. The minimum absolute atomic E-state index is 0. The molecule has 0 spiro atoms. The van der Waals surface area contributed by atoms with Gasteiger partial charge in [-0.15, -0.1) is 12.4 Å². The second-order valence-corrected chi connectivity index (χ2v) is 2.65. The lowest BCUT2D eigenvalue weighted by Gasteiger charge is -2.19. The Bertz CT molecular complexity index is 148. The normalized spacial score (nSPS) is 29.5. The van der Waals surface area contributed by atoms with Gasteiger partial charge in [0, 0.05) is 13.1 Å². The van der Waals surface area contributed by atoms with Crippen LogP contribution in [0.1, 0.15) is 6.42 Å². The predicted molar refractivity (Wildman–Crippen MR) is 43.4 cm³/mol. The van der Waals surface area contributed by atoms with E-state index in [1.54, 1.807) is 0 Å². The van der Waals surface area contributed by atoms with E-state index in [1.807, 2.05) is 0 Å². The van der Waals surface area contributed by atoms with Gasteiger partial charge in [-0.05, 0) is 6.42 Å². The highest BCUT2D eigenvalue weighted by atomic mass is 35.5. The number of aliphatic hydroxyl groups is 1. The molecule has 1 aliphatic heterocycles. The van der Waals surface area contributed by atoms with E-state index in [9.17, 15) is 4.79 Å². The van der Waals surface area contributed by atoms with Crippen molar-refractivity contribution in [1.29, 1.82) is 0 Å². The van der Waals surface area contributed by atoms with Crippen LogP contribution in [0.25, 0.3) is 0 Å². The zero-order chi connectivity index (χ0) is 7.61. The Kier molecular flexibility index (Phi) is 3.78. The lowest BCUT2D eigenvalue weighted by molar-refractivity contribution is -0.129. The van der Waals surface area contributed by atoms with Crippen LogP contribution in [0.2, 0.25) is 0 Å². The summed E-state index contributed by atoms with van der Waals surface area (Å²) < 4.78 is 0. The van der Waals surface area contributed by atoms with E-state index in [-0.39, 0.29) is 31.5 Å². The third-order valence-corrected chi connectivity index (χ3v) is 2.06. The molecule has 0 aromatic heterocycles. The molecule has 0 bridgehead atoms. The van der Waals surface area contributed by atoms with E-state index >= 15 is 0 Å². The number of nitrogens with one attached hydrogen (secondary N) is 1. The van der Waals surface area contributed by atoms with Gasteiger partial charge in [0.2, 0.25) is 5.91 Å². The summed E-state index contributed by atoms with van der Waals surface area (Å²) in [5.41, 5.74) is 4.67. The lowest BCUT2D eigenvalue weighted by Crippen LogP contribution is -2.41. The first kappa shape index (κ1) is 10.7. The molecule has 1 saturated heterocycles. The van der Waals surface area contributed by atoms with E-state index in [2.05, 4.69) is 5.32 Å². The molecule has 4 N–H and O–H groups in total. The molecule has 0 saturated carbocycles. The lowest BCUT2D eigenvalue weighted by atomic mass is 9.88. The molecule has 1 unspecified atom stereocenters. The van der Waals surface area contributed by atoms with Gasteiger partial charge in [-0.3, -0.25) is 4.79 Å².